The van der Waals surface area contributed by atoms with Crippen molar-refractivity contribution >= 4 is 21.6 Å². The average molecular weight is 395 g/mol. The molecule has 0 radical (unpaired) electrons. The minimum absolute atomic E-state index is 0.0868. The van der Waals surface area contributed by atoms with Crippen LogP contribution >= 0.6 is 0 Å². The SMILES string of the molecule is CC1CCCCN1C(=O)C1CCCCN1S(=O)(=O)c1ccccc1[N+](=O)[O-]. The second-order valence-electron chi connectivity index (χ2n) is 7.23. The number of likely N-dealkylation sites (tertiary alicyclic amines) is 1. The fraction of sp³-hybridized carbons (Fsp3) is 0.611. The van der Waals surface area contributed by atoms with Crippen molar-refractivity contribution in [3.8, 4) is 0 Å². The molecule has 2 aliphatic rings. The maximum atomic E-state index is 13.2. The third-order valence-corrected chi connectivity index (χ3v) is 7.43. The molecule has 2 fully saturated rings. The molecule has 148 valence electrons. The van der Waals surface area contributed by atoms with Crippen LogP contribution in [0.25, 0.3) is 0 Å². The van der Waals surface area contributed by atoms with Crippen molar-refractivity contribution in [2.45, 2.75) is 62.4 Å². The van der Waals surface area contributed by atoms with E-state index >= 15 is 0 Å². The van der Waals surface area contributed by atoms with Gasteiger partial charge in [-0.1, -0.05) is 18.6 Å². The van der Waals surface area contributed by atoms with Gasteiger partial charge in [0, 0.05) is 25.2 Å². The molecule has 2 unspecified atom stereocenters. The van der Waals surface area contributed by atoms with Crippen LogP contribution in [0.2, 0.25) is 0 Å². The van der Waals surface area contributed by atoms with E-state index in [2.05, 4.69) is 0 Å². The van der Waals surface area contributed by atoms with Gasteiger partial charge in [-0.3, -0.25) is 14.9 Å². The summed E-state index contributed by atoms with van der Waals surface area (Å²) in [4.78, 5) is 25.2. The van der Waals surface area contributed by atoms with Gasteiger partial charge >= 0.3 is 0 Å². The van der Waals surface area contributed by atoms with E-state index in [0.29, 0.717) is 19.4 Å². The summed E-state index contributed by atoms with van der Waals surface area (Å²) in [6.45, 7) is 2.82. The Balaban J connectivity index is 1.95. The number of carbonyl (C=O) groups excluding carboxylic acids is 1. The summed E-state index contributed by atoms with van der Waals surface area (Å²) in [5.74, 6) is -0.177. The first kappa shape index (κ1) is 19.8. The highest BCUT2D eigenvalue weighted by molar-refractivity contribution is 7.89. The molecule has 0 aliphatic carbocycles. The van der Waals surface area contributed by atoms with Gasteiger partial charge in [0.25, 0.3) is 15.7 Å². The molecule has 2 heterocycles. The first-order valence-electron chi connectivity index (χ1n) is 9.40. The predicted octanol–water partition coefficient (Wildman–Crippen LogP) is 2.54. The van der Waals surface area contributed by atoms with Crippen LogP contribution < -0.4 is 0 Å². The Hall–Kier alpha value is -2.00. The van der Waals surface area contributed by atoms with Crippen molar-refractivity contribution in [3.63, 3.8) is 0 Å². The molecule has 0 spiro atoms. The molecule has 2 saturated heterocycles. The Morgan fingerprint density at radius 3 is 2.48 bits per heavy atom. The zero-order valence-corrected chi connectivity index (χ0v) is 16.2. The molecule has 1 aromatic rings. The lowest BCUT2D eigenvalue weighted by molar-refractivity contribution is -0.387. The largest absolute Gasteiger partial charge is 0.339 e. The number of benzene rings is 1. The van der Waals surface area contributed by atoms with E-state index in [-0.39, 0.29) is 23.4 Å². The van der Waals surface area contributed by atoms with Crippen molar-refractivity contribution in [2.75, 3.05) is 13.1 Å². The Labute approximate surface area is 159 Å². The van der Waals surface area contributed by atoms with Gasteiger partial charge in [0.1, 0.15) is 6.04 Å². The lowest BCUT2D eigenvalue weighted by Gasteiger charge is -2.40. The van der Waals surface area contributed by atoms with Crippen LogP contribution in [0.1, 0.15) is 45.4 Å². The molecule has 0 N–H and O–H groups in total. The molecule has 9 heteroatoms. The Bertz CT molecular complexity index is 826. The van der Waals surface area contributed by atoms with Gasteiger partial charge in [0.05, 0.1) is 4.92 Å². The van der Waals surface area contributed by atoms with Gasteiger partial charge < -0.3 is 4.90 Å². The highest BCUT2D eigenvalue weighted by atomic mass is 32.2. The number of hydrogen-bond donors (Lipinski definition) is 0. The highest BCUT2D eigenvalue weighted by Crippen LogP contribution is 2.32. The fourth-order valence-corrected chi connectivity index (χ4v) is 5.82. The number of piperidine rings is 2. The lowest BCUT2D eigenvalue weighted by atomic mass is 9.99. The van der Waals surface area contributed by atoms with Crippen LogP contribution in [0.5, 0.6) is 0 Å². The average Bonchev–Trinajstić information content (AvgIpc) is 2.68. The van der Waals surface area contributed by atoms with Gasteiger partial charge in [-0.15, -0.1) is 0 Å². The first-order chi connectivity index (χ1) is 12.8. The molecule has 2 atom stereocenters. The molecular formula is C18H25N3O5S. The standard InChI is InChI=1S/C18H25N3O5S/c1-14-8-4-6-12-19(14)18(22)16-10-5-7-13-20(16)27(25,26)17-11-3-2-9-15(17)21(23)24/h2-3,9,11,14,16H,4-8,10,12-13H2,1H3. The third kappa shape index (κ3) is 3.84. The summed E-state index contributed by atoms with van der Waals surface area (Å²) in [7, 11) is -4.14. The molecule has 1 amide bonds. The minimum atomic E-state index is -4.14. The number of carbonyl (C=O) groups is 1. The third-order valence-electron chi connectivity index (χ3n) is 5.47. The minimum Gasteiger partial charge on any atom is -0.339 e. The van der Waals surface area contributed by atoms with E-state index < -0.39 is 26.7 Å². The molecule has 2 aliphatic heterocycles. The Kier molecular flexibility index (Phi) is 5.81. The normalized spacial score (nSPS) is 24.6. The van der Waals surface area contributed by atoms with Gasteiger partial charge in [0.15, 0.2) is 4.90 Å². The molecule has 27 heavy (non-hydrogen) atoms. The zero-order valence-electron chi connectivity index (χ0n) is 15.4. The quantitative estimate of drug-likeness (QED) is 0.576. The van der Waals surface area contributed by atoms with E-state index in [0.717, 1.165) is 25.7 Å². The van der Waals surface area contributed by atoms with Crippen LogP contribution in [-0.4, -0.2) is 53.6 Å². The van der Waals surface area contributed by atoms with E-state index in [1.807, 2.05) is 6.92 Å². The number of nitrogens with zero attached hydrogens (tertiary/aromatic N) is 3. The summed E-state index contributed by atoms with van der Waals surface area (Å²) in [5.41, 5.74) is -0.458. The van der Waals surface area contributed by atoms with E-state index in [1.165, 1.54) is 28.6 Å². The molecule has 0 bridgehead atoms. The van der Waals surface area contributed by atoms with Crippen molar-refractivity contribution in [1.82, 2.24) is 9.21 Å². The predicted molar refractivity (Wildman–Crippen MR) is 99.7 cm³/mol. The Morgan fingerprint density at radius 1 is 1.11 bits per heavy atom. The smallest absolute Gasteiger partial charge is 0.289 e. The molecule has 0 saturated carbocycles. The molecular weight excluding hydrogens is 370 g/mol. The second-order valence-corrected chi connectivity index (χ2v) is 9.09. The topological polar surface area (TPSA) is 101 Å². The number of nitro groups is 1. The van der Waals surface area contributed by atoms with Gasteiger partial charge in [-0.2, -0.15) is 4.31 Å². The molecule has 8 nitrogen and oxygen atoms in total. The van der Waals surface area contributed by atoms with Crippen LogP contribution in [0.15, 0.2) is 29.2 Å². The number of para-hydroxylation sites is 1. The number of sulfonamides is 1. The summed E-state index contributed by atoms with van der Waals surface area (Å²) in [6, 6.07) is 4.62. The van der Waals surface area contributed by atoms with Gasteiger partial charge in [-0.05, 0) is 45.1 Å². The van der Waals surface area contributed by atoms with Crippen molar-refractivity contribution < 1.29 is 18.1 Å². The number of hydrogen-bond acceptors (Lipinski definition) is 5. The van der Waals surface area contributed by atoms with Crippen LogP contribution in [-0.2, 0) is 14.8 Å². The van der Waals surface area contributed by atoms with Crippen molar-refractivity contribution in [3.05, 3.63) is 34.4 Å². The number of rotatable bonds is 4. The molecule has 3 rings (SSSR count). The van der Waals surface area contributed by atoms with E-state index in [4.69, 9.17) is 0 Å². The second kappa shape index (κ2) is 7.93. The van der Waals surface area contributed by atoms with E-state index in [9.17, 15) is 23.3 Å². The highest BCUT2D eigenvalue weighted by Gasteiger charge is 2.42. The molecule has 1 aromatic carbocycles. The monoisotopic (exact) mass is 395 g/mol. The number of nitro benzene ring substituents is 1. The maximum absolute atomic E-state index is 13.2. The van der Waals surface area contributed by atoms with Gasteiger partial charge in [0.2, 0.25) is 5.91 Å². The fourth-order valence-electron chi connectivity index (χ4n) is 4.01. The lowest BCUT2D eigenvalue weighted by Crippen LogP contribution is -2.55. The molecule has 0 aromatic heterocycles. The summed E-state index contributed by atoms with van der Waals surface area (Å²) >= 11 is 0. The maximum Gasteiger partial charge on any atom is 0.289 e. The van der Waals surface area contributed by atoms with Crippen LogP contribution in [0.3, 0.4) is 0 Å². The summed E-state index contributed by atoms with van der Waals surface area (Å²) in [6.07, 6.45) is 4.74. The van der Waals surface area contributed by atoms with Crippen molar-refractivity contribution in [1.29, 1.82) is 0 Å². The summed E-state index contributed by atoms with van der Waals surface area (Å²) in [5, 5.41) is 11.3. The van der Waals surface area contributed by atoms with E-state index in [1.54, 1.807) is 4.90 Å². The Morgan fingerprint density at radius 2 is 1.78 bits per heavy atom. The first-order valence-corrected chi connectivity index (χ1v) is 10.8. The van der Waals surface area contributed by atoms with Crippen LogP contribution in [0.4, 0.5) is 5.69 Å². The zero-order chi connectivity index (χ0) is 19.6. The van der Waals surface area contributed by atoms with Crippen LogP contribution in [0, 0.1) is 10.1 Å². The summed E-state index contributed by atoms with van der Waals surface area (Å²) < 4.78 is 27.7. The number of amides is 1. The van der Waals surface area contributed by atoms with Crippen molar-refractivity contribution in [2.24, 2.45) is 0 Å². The van der Waals surface area contributed by atoms with Gasteiger partial charge in [-0.25, -0.2) is 8.42 Å².